The van der Waals surface area contributed by atoms with Crippen LogP contribution in [0.2, 0.25) is 0 Å². The van der Waals surface area contributed by atoms with Crippen LogP contribution < -0.4 is 0 Å². The summed E-state index contributed by atoms with van der Waals surface area (Å²) < 4.78 is 9.51. The van der Waals surface area contributed by atoms with E-state index in [0.717, 1.165) is 0 Å². The van der Waals surface area contributed by atoms with Crippen LogP contribution in [0.1, 0.15) is 26.7 Å². The number of hydrogen-bond acceptors (Lipinski definition) is 1. The first-order chi connectivity index (χ1) is 3.91. The van der Waals surface area contributed by atoms with Gasteiger partial charge in [0, 0.05) is 0 Å². The molecule has 0 saturated carbocycles. The molecule has 0 aliphatic carbocycles. The first-order valence-corrected chi connectivity index (χ1v) is 7.03. The molecule has 0 aromatic heterocycles. The summed E-state index contributed by atoms with van der Waals surface area (Å²) in [4.78, 5) is 0. The van der Waals surface area contributed by atoms with Gasteiger partial charge in [-0.3, -0.25) is 4.57 Å². The van der Waals surface area contributed by atoms with Gasteiger partial charge in [0.15, 0.2) is 0 Å². The van der Waals surface area contributed by atoms with Crippen LogP contribution in [0, 0.1) is 0 Å². The molecule has 9 heavy (non-hydrogen) atoms. The van der Waals surface area contributed by atoms with Gasteiger partial charge in [0.05, 0.1) is 0 Å². The SMILES string of the molecule is CCCC.O=P(Cl)(Cl)Cl. The van der Waals surface area contributed by atoms with Gasteiger partial charge in [0.25, 0.3) is 0 Å². The Morgan fingerprint density at radius 1 is 1.11 bits per heavy atom. The minimum Gasteiger partial charge on any atom is -0.271 e. The fourth-order valence-corrected chi connectivity index (χ4v) is 0. The monoisotopic (exact) mass is 210 g/mol. The van der Waals surface area contributed by atoms with E-state index in [1.54, 1.807) is 0 Å². The Balaban J connectivity index is 0. The van der Waals surface area contributed by atoms with Crippen molar-refractivity contribution in [2.75, 3.05) is 0 Å². The molecule has 0 fully saturated rings. The minimum atomic E-state index is -3.22. The van der Waals surface area contributed by atoms with Gasteiger partial charge in [0.2, 0.25) is 0 Å². The van der Waals surface area contributed by atoms with Gasteiger partial charge >= 0.3 is 5.20 Å². The lowest BCUT2D eigenvalue weighted by molar-refractivity contribution is 0.600. The predicted molar refractivity (Wildman–Crippen MR) is 45.7 cm³/mol. The smallest absolute Gasteiger partial charge is 0.271 e. The van der Waals surface area contributed by atoms with Gasteiger partial charge in [-0.15, -0.1) is 0 Å². The van der Waals surface area contributed by atoms with Crippen molar-refractivity contribution in [2.45, 2.75) is 26.7 Å². The molecule has 0 bridgehead atoms. The maximum absolute atomic E-state index is 9.51. The summed E-state index contributed by atoms with van der Waals surface area (Å²) in [5.41, 5.74) is 0. The summed E-state index contributed by atoms with van der Waals surface area (Å²) in [7, 11) is 0. The summed E-state index contributed by atoms with van der Waals surface area (Å²) in [5.74, 6) is 0. The van der Waals surface area contributed by atoms with Crippen molar-refractivity contribution in [2.24, 2.45) is 0 Å². The molecule has 0 aromatic rings. The van der Waals surface area contributed by atoms with E-state index in [0.29, 0.717) is 0 Å². The van der Waals surface area contributed by atoms with Crippen LogP contribution >= 0.6 is 38.9 Å². The molecular weight excluding hydrogens is 201 g/mol. The van der Waals surface area contributed by atoms with Crippen LogP contribution in [0.25, 0.3) is 0 Å². The van der Waals surface area contributed by atoms with Gasteiger partial charge in [0.1, 0.15) is 0 Å². The third kappa shape index (κ3) is 104. The summed E-state index contributed by atoms with van der Waals surface area (Å²) >= 11 is 13.8. The summed E-state index contributed by atoms with van der Waals surface area (Å²) in [6, 6.07) is 0. The molecule has 0 heterocycles. The predicted octanol–water partition coefficient (Wildman–Crippen LogP) is 4.62. The topological polar surface area (TPSA) is 17.1 Å². The van der Waals surface area contributed by atoms with Gasteiger partial charge in [-0.25, -0.2) is 0 Å². The van der Waals surface area contributed by atoms with Crippen LogP contribution in [-0.4, -0.2) is 0 Å². The van der Waals surface area contributed by atoms with Gasteiger partial charge in [-0.1, -0.05) is 26.7 Å². The Hall–Kier alpha value is 1.10. The summed E-state index contributed by atoms with van der Waals surface area (Å²) in [5, 5.41) is -3.22. The minimum absolute atomic E-state index is 1.32. The standard InChI is InChI=1S/C4H10.Cl3OP/c1-3-4-2;1-5(2,3)4/h3-4H2,1-2H3;. The van der Waals surface area contributed by atoms with E-state index < -0.39 is 5.20 Å². The Kier molecular flexibility index (Phi) is 10.2. The molecule has 0 rings (SSSR count). The average Bonchev–Trinajstić information content (AvgIpc) is 1.61. The third-order valence-corrected chi connectivity index (χ3v) is 0.500. The Morgan fingerprint density at radius 2 is 1.22 bits per heavy atom. The molecule has 5 heteroatoms. The van der Waals surface area contributed by atoms with Gasteiger partial charge in [-0.2, -0.15) is 0 Å². The molecule has 0 spiro atoms. The van der Waals surface area contributed by atoms with Crippen molar-refractivity contribution in [3.8, 4) is 0 Å². The van der Waals surface area contributed by atoms with Crippen LogP contribution in [0.4, 0.5) is 0 Å². The van der Waals surface area contributed by atoms with E-state index in [1.165, 1.54) is 12.8 Å². The second-order valence-corrected chi connectivity index (χ2v) is 8.04. The zero-order chi connectivity index (χ0) is 7.91. The van der Waals surface area contributed by atoms with Gasteiger partial charge < -0.3 is 0 Å². The maximum atomic E-state index is 9.51. The molecular formula is C4H10Cl3OP. The Labute approximate surface area is 70.4 Å². The second-order valence-electron chi connectivity index (χ2n) is 1.40. The fraction of sp³-hybridized carbons (Fsp3) is 1.00. The highest BCUT2D eigenvalue weighted by atomic mass is 36.0. The molecule has 0 unspecified atom stereocenters. The molecule has 0 aliphatic rings. The largest absolute Gasteiger partial charge is 0.339 e. The molecule has 0 N–H and O–H groups in total. The quantitative estimate of drug-likeness (QED) is 0.579. The number of halogens is 3. The summed E-state index contributed by atoms with van der Waals surface area (Å²) in [6.45, 7) is 4.36. The number of hydrogen-bond donors (Lipinski definition) is 0. The summed E-state index contributed by atoms with van der Waals surface area (Å²) in [6.07, 6.45) is 2.64. The van der Waals surface area contributed by atoms with Crippen molar-refractivity contribution in [1.82, 2.24) is 0 Å². The highest BCUT2D eigenvalue weighted by Crippen LogP contribution is 2.61. The molecule has 0 radical (unpaired) electrons. The molecule has 0 amide bonds. The van der Waals surface area contributed by atoms with E-state index in [2.05, 4.69) is 47.6 Å². The zero-order valence-electron chi connectivity index (χ0n) is 5.40. The normalized spacial score (nSPS) is 9.89. The molecule has 0 saturated heterocycles. The molecule has 0 aliphatic heterocycles. The van der Waals surface area contributed by atoms with E-state index in [9.17, 15) is 4.57 Å². The van der Waals surface area contributed by atoms with Crippen LogP contribution in [0.3, 0.4) is 0 Å². The lowest BCUT2D eigenvalue weighted by Gasteiger charge is -1.74. The van der Waals surface area contributed by atoms with Crippen LogP contribution in [0.15, 0.2) is 0 Å². The fourth-order valence-electron chi connectivity index (χ4n) is 0. The lowest BCUT2D eigenvalue weighted by Crippen LogP contribution is -1.47. The molecule has 0 aromatic carbocycles. The lowest BCUT2D eigenvalue weighted by atomic mass is 10.4. The van der Waals surface area contributed by atoms with E-state index in [1.807, 2.05) is 0 Å². The molecule has 0 atom stereocenters. The van der Waals surface area contributed by atoms with Crippen LogP contribution in [-0.2, 0) is 4.57 Å². The van der Waals surface area contributed by atoms with Crippen molar-refractivity contribution in [1.29, 1.82) is 0 Å². The average molecular weight is 211 g/mol. The highest BCUT2D eigenvalue weighted by molar-refractivity contribution is 8.24. The maximum Gasteiger partial charge on any atom is 0.339 e. The molecule has 1 nitrogen and oxygen atoms in total. The van der Waals surface area contributed by atoms with Crippen molar-refractivity contribution in [3.63, 3.8) is 0 Å². The second kappa shape index (κ2) is 7.21. The Morgan fingerprint density at radius 3 is 1.22 bits per heavy atom. The van der Waals surface area contributed by atoms with E-state index >= 15 is 0 Å². The third-order valence-electron chi connectivity index (χ3n) is 0.500. The highest BCUT2D eigenvalue weighted by Gasteiger charge is 2.02. The number of rotatable bonds is 1. The first kappa shape index (κ1) is 12.7. The van der Waals surface area contributed by atoms with Crippen molar-refractivity contribution < 1.29 is 4.57 Å². The van der Waals surface area contributed by atoms with Crippen molar-refractivity contribution >= 4 is 38.9 Å². The van der Waals surface area contributed by atoms with Gasteiger partial charge in [-0.05, 0) is 33.7 Å². The van der Waals surface area contributed by atoms with Crippen LogP contribution in [0.5, 0.6) is 0 Å². The number of unbranched alkanes of at least 4 members (excludes halogenated alkanes) is 1. The molecule has 58 valence electrons. The Bertz CT molecular complexity index is 79.5. The first-order valence-electron chi connectivity index (χ1n) is 2.60. The van der Waals surface area contributed by atoms with E-state index in [-0.39, 0.29) is 0 Å². The van der Waals surface area contributed by atoms with E-state index in [4.69, 9.17) is 0 Å². The zero-order valence-corrected chi connectivity index (χ0v) is 8.57. The van der Waals surface area contributed by atoms with Crippen molar-refractivity contribution in [3.05, 3.63) is 0 Å².